The first-order chi connectivity index (χ1) is 17.7. The van der Waals surface area contributed by atoms with E-state index in [1.165, 1.54) is 12.4 Å². The van der Waals surface area contributed by atoms with Crippen molar-refractivity contribution in [2.75, 3.05) is 26.0 Å². The molecule has 0 amide bonds. The number of hydrogen-bond donors (Lipinski definition) is 2. The predicted octanol–water partition coefficient (Wildman–Crippen LogP) is 3.86. The van der Waals surface area contributed by atoms with Crippen molar-refractivity contribution in [3.63, 3.8) is 0 Å². The number of methoxy groups -OCH3 is 1. The molecule has 2 unspecified atom stereocenters. The summed E-state index contributed by atoms with van der Waals surface area (Å²) >= 11 is 0. The maximum atomic E-state index is 13.4. The van der Waals surface area contributed by atoms with Gasteiger partial charge in [0.1, 0.15) is 17.9 Å². The maximum Gasteiger partial charge on any atom is 0.419 e. The fourth-order valence-electron chi connectivity index (χ4n) is 4.17. The van der Waals surface area contributed by atoms with E-state index in [0.29, 0.717) is 42.5 Å². The van der Waals surface area contributed by atoms with Crippen molar-refractivity contribution in [3.8, 4) is 22.8 Å². The molecule has 2 aliphatic heterocycles. The lowest BCUT2D eigenvalue weighted by Crippen LogP contribution is -2.22. The van der Waals surface area contributed by atoms with Crippen LogP contribution >= 0.6 is 0 Å². The SMILES string of the molecule is COc1cc(C2=Nn3c(-c4cnc(N)c(C(F)(F)F)c4)cnc3CC2)ccc1OCCCNC1OC1C. The molecule has 0 saturated carbocycles. The second-order valence-electron chi connectivity index (χ2n) is 8.86. The van der Waals surface area contributed by atoms with Crippen molar-refractivity contribution in [2.45, 2.75) is 44.7 Å². The average molecular weight is 517 g/mol. The van der Waals surface area contributed by atoms with E-state index in [0.717, 1.165) is 30.3 Å². The number of pyridine rings is 1. The molecule has 2 aliphatic rings. The van der Waals surface area contributed by atoms with Gasteiger partial charge in [0.2, 0.25) is 0 Å². The van der Waals surface area contributed by atoms with Gasteiger partial charge in [-0.1, -0.05) is 0 Å². The molecule has 1 fully saturated rings. The number of hydrogen-bond acceptors (Lipinski definition) is 8. The molecule has 3 aromatic rings. The van der Waals surface area contributed by atoms with E-state index in [2.05, 4.69) is 15.3 Å². The quantitative estimate of drug-likeness (QED) is 0.328. The van der Waals surface area contributed by atoms with Crippen LogP contribution in [-0.2, 0) is 17.3 Å². The molecule has 0 spiro atoms. The number of epoxide rings is 1. The summed E-state index contributed by atoms with van der Waals surface area (Å²) in [6.45, 7) is 3.32. The summed E-state index contributed by atoms with van der Waals surface area (Å²) in [4.78, 5) is 8.09. The Hall–Kier alpha value is -3.64. The number of nitrogens with one attached hydrogen (secondary N) is 1. The predicted molar refractivity (Wildman–Crippen MR) is 131 cm³/mol. The first kappa shape index (κ1) is 25.0. The minimum absolute atomic E-state index is 0.143. The molecular weight excluding hydrogens is 489 g/mol. The fraction of sp³-hybridized carbons (Fsp3) is 0.400. The third-order valence-electron chi connectivity index (χ3n) is 6.27. The van der Waals surface area contributed by atoms with Crippen LogP contribution in [0.25, 0.3) is 11.3 Å². The Bertz CT molecular complexity index is 1320. The maximum absolute atomic E-state index is 13.4. The van der Waals surface area contributed by atoms with Crippen LogP contribution in [0.2, 0.25) is 0 Å². The standard InChI is InChI=1S/C25H27F3N6O3/c1-14-24(37-14)30-8-3-9-36-20-6-4-15(11-21(20)35-2)18-5-7-22-31-13-19(34(22)33-18)16-10-17(25(26,27)28)23(29)32-12-16/h4,6,10-14,24,30H,3,5,7-9H2,1-2H3,(H2,29,32). The Morgan fingerprint density at radius 2 is 1.95 bits per heavy atom. The largest absolute Gasteiger partial charge is 0.493 e. The van der Waals surface area contributed by atoms with Gasteiger partial charge in [0.05, 0.1) is 43.0 Å². The molecule has 12 heteroatoms. The number of ether oxygens (including phenoxy) is 3. The monoisotopic (exact) mass is 516 g/mol. The topological polar surface area (TPSA) is 112 Å². The molecular formula is C25H27F3N6O3. The number of nitrogens with two attached hydrogens (primary N) is 1. The van der Waals surface area contributed by atoms with Crippen molar-refractivity contribution >= 4 is 11.5 Å². The first-order valence-corrected chi connectivity index (χ1v) is 11.9. The third kappa shape index (κ3) is 5.39. The van der Waals surface area contributed by atoms with Crippen molar-refractivity contribution in [3.05, 3.63) is 53.6 Å². The highest BCUT2D eigenvalue weighted by Gasteiger charge is 2.35. The first-order valence-electron chi connectivity index (χ1n) is 11.9. The highest BCUT2D eigenvalue weighted by atomic mass is 19.4. The molecule has 9 nitrogen and oxygen atoms in total. The van der Waals surface area contributed by atoms with Gasteiger partial charge in [-0.05, 0) is 44.0 Å². The van der Waals surface area contributed by atoms with E-state index in [1.54, 1.807) is 11.8 Å². The number of alkyl halides is 3. The molecule has 0 aliphatic carbocycles. The lowest BCUT2D eigenvalue weighted by molar-refractivity contribution is -0.137. The lowest BCUT2D eigenvalue weighted by Gasteiger charge is -2.18. The van der Waals surface area contributed by atoms with E-state index in [9.17, 15) is 13.2 Å². The van der Waals surface area contributed by atoms with Crippen LogP contribution in [-0.4, -0.2) is 52.9 Å². The van der Waals surface area contributed by atoms with Crippen LogP contribution in [0, 0.1) is 0 Å². The number of aryl methyl sites for hydroxylation is 1. The van der Waals surface area contributed by atoms with Crippen molar-refractivity contribution in [1.82, 2.24) is 20.0 Å². The molecule has 2 atom stereocenters. The zero-order valence-corrected chi connectivity index (χ0v) is 20.4. The van der Waals surface area contributed by atoms with E-state index >= 15 is 0 Å². The Morgan fingerprint density at radius 3 is 2.68 bits per heavy atom. The molecule has 0 radical (unpaired) electrons. The summed E-state index contributed by atoms with van der Waals surface area (Å²) < 4.78 is 58.4. The number of benzene rings is 1. The van der Waals surface area contributed by atoms with E-state index in [1.807, 2.05) is 25.1 Å². The zero-order chi connectivity index (χ0) is 26.2. The number of nitrogens with zero attached hydrogens (tertiary/aromatic N) is 4. The Kier molecular flexibility index (Phi) is 6.78. The molecule has 2 aromatic heterocycles. The summed E-state index contributed by atoms with van der Waals surface area (Å²) in [5.74, 6) is 1.27. The van der Waals surface area contributed by atoms with Crippen molar-refractivity contribution in [2.24, 2.45) is 5.10 Å². The summed E-state index contributed by atoms with van der Waals surface area (Å²) in [5, 5.41) is 7.99. The number of aromatic nitrogens is 3. The van der Waals surface area contributed by atoms with Crippen LogP contribution in [0.1, 0.15) is 36.7 Å². The lowest BCUT2D eigenvalue weighted by atomic mass is 10.0. The van der Waals surface area contributed by atoms with Crippen LogP contribution in [0.4, 0.5) is 19.0 Å². The molecule has 3 N–H and O–H groups in total. The number of rotatable bonds is 9. The Labute approximate surface area is 211 Å². The van der Waals surface area contributed by atoms with Gasteiger partial charge >= 0.3 is 6.18 Å². The minimum atomic E-state index is -4.62. The summed E-state index contributed by atoms with van der Waals surface area (Å²) in [6, 6.07) is 6.54. The number of anilines is 1. The second-order valence-corrected chi connectivity index (χ2v) is 8.86. The smallest absolute Gasteiger partial charge is 0.419 e. The molecule has 37 heavy (non-hydrogen) atoms. The van der Waals surface area contributed by atoms with Crippen LogP contribution in [0.5, 0.6) is 11.5 Å². The van der Waals surface area contributed by atoms with E-state index in [4.69, 9.17) is 25.0 Å². The number of nitrogen functional groups attached to an aromatic ring is 1. The summed E-state index contributed by atoms with van der Waals surface area (Å²) in [5.41, 5.74) is 6.66. The Morgan fingerprint density at radius 1 is 1.14 bits per heavy atom. The van der Waals surface area contributed by atoms with Crippen LogP contribution in [0.15, 0.2) is 41.8 Å². The molecule has 5 rings (SSSR count). The normalized spacial score (nSPS) is 18.8. The second kappa shape index (κ2) is 10.0. The van der Waals surface area contributed by atoms with Gasteiger partial charge in [0.25, 0.3) is 0 Å². The van der Waals surface area contributed by atoms with Gasteiger partial charge in [-0.15, -0.1) is 0 Å². The van der Waals surface area contributed by atoms with Gasteiger partial charge in [-0.3, -0.25) is 5.32 Å². The van der Waals surface area contributed by atoms with Crippen molar-refractivity contribution < 1.29 is 27.4 Å². The molecule has 1 aromatic carbocycles. The molecule has 196 valence electrons. The highest BCUT2D eigenvalue weighted by Crippen LogP contribution is 2.36. The fourth-order valence-corrected chi connectivity index (χ4v) is 4.17. The summed E-state index contributed by atoms with van der Waals surface area (Å²) in [6.07, 6.45) is 0.584. The molecule has 1 saturated heterocycles. The number of halogens is 3. The van der Waals surface area contributed by atoms with Gasteiger partial charge in [-0.25, -0.2) is 14.6 Å². The van der Waals surface area contributed by atoms with Gasteiger partial charge < -0.3 is 19.9 Å². The third-order valence-corrected chi connectivity index (χ3v) is 6.27. The Balaban J connectivity index is 1.34. The average Bonchev–Trinajstić information content (AvgIpc) is 3.42. The highest BCUT2D eigenvalue weighted by molar-refractivity contribution is 6.01. The number of imidazole rings is 1. The summed E-state index contributed by atoms with van der Waals surface area (Å²) in [7, 11) is 1.57. The van der Waals surface area contributed by atoms with Crippen LogP contribution in [0.3, 0.4) is 0 Å². The minimum Gasteiger partial charge on any atom is -0.493 e. The van der Waals surface area contributed by atoms with Gasteiger partial charge in [0, 0.05) is 30.3 Å². The number of fused-ring (bicyclic) bond motifs is 1. The zero-order valence-electron chi connectivity index (χ0n) is 20.4. The van der Waals surface area contributed by atoms with Gasteiger partial charge in [-0.2, -0.15) is 18.3 Å². The van der Waals surface area contributed by atoms with E-state index in [-0.39, 0.29) is 17.9 Å². The molecule has 4 heterocycles. The molecule has 0 bridgehead atoms. The van der Waals surface area contributed by atoms with E-state index < -0.39 is 17.6 Å². The van der Waals surface area contributed by atoms with Crippen LogP contribution < -0.4 is 20.5 Å². The van der Waals surface area contributed by atoms with Crippen molar-refractivity contribution in [1.29, 1.82) is 0 Å². The van der Waals surface area contributed by atoms with Gasteiger partial charge in [0.15, 0.2) is 11.5 Å².